The van der Waals surface area contributed by atoms with E-state index in [1.165, 1.54) is 0 Å². The summed E-state index contributed by atoms with van der Waals surface area (Å²) in [6.07, 6.45) is 0. The van der Waals surface area contributed by atoms with Gasteiger partial charge in [0.15, 0.2) is 6.79 Å². The smallest absolute Gasteiger partial charge is 0.188 e. The first-order chi connectivity index (χ1) is 5.86. The second-order valence-electron chi connectivity index (χ2n) is 2.40. The molecule has 0 aromatic heterocycles. The summed E-state index contributed by atoms with van der Waals surface area (Å²) in [7, 11) is 1.59. The van der Waals surface area contributed by atoms with Gasteiger partial charge in [0.2, 0.25) is 0 Å². The molecule has 3 heteroatoms. The molecule has 3 nitrogen and oxygen atoms in total. The second kappa shape index (κ2) is 4.74. The zero-order valence-corrected chi connectivity index (χ0v) is 7.12. The highest BCUT2D eigenvalue weighted by atomic mass is 16.7. The number of methoxy groups -OCH3 is 1. The summed E-state index contributed by atoms with van der Waals surface area (Å²) in [4.78, 5) is 0. The van der Waals surface area contributed by atoms with E-state index in [1.54, 1.807) is 7.11 Å². The van der Waals surface area contributed by atoms with Crippen LogP contribution in [-0.2, 0) is 11.3 Å². The van der Waals surface area contributed by atoms with Crippen molar-refractivity contribution in [3.63, 3.8) is 0 Å². The summed E-state index contributed by atoms with van der Waals surface area (Å²) < 4.78 is 9.99. The van der Waals surface area contributed by atoms with Gasteiger partial charge in [-0.25, -0.2) is 0 Å². The van der Waals surface area contributed by atoms with Crippen LogP contribution in [0.15, 0.2) is 24.3 Å². The first kappa shape index (κ1) is 9.03. The maximum absolute atomic E-state index is 5.46. The maximum Gasteiger partial charge on any atom is 0.188 e. The largest absolute Gasteiger partial charge is 0.468 e. The Labute approximate surface area is 72.1 Å². The monoisotopic (exact) mass is 167 g/mol. The lowest BCUT2D eigenvalue weighted by atomic mass is 10.2. The van der Waals surface area contributed by atoms with Crippen LogP contribution in [0.4, 0.5) is 0 Å². The molecule has 0 fully saturated rings. The second-order valence-corrected chi connectivity index (χ2v) is 2.40. The Bertz CT molecular complexity index is 238. The lowest BCUT2D eigenvalue weighted by Crippen LogP contribution is -2.00. The number of hydrogen-bond acceptors (Lipinski definition) is 3. The SMILES string of the molecule is COCOc1cccc(CN)c1. The van der Waals surface area contributed by atoms with Crippen LogP contribution in [0.3, 0.4) is 0 Å². The van der Waals surface area contributed by atoms with Crippen molar-refractivity contribution in [2.75, 3.05) is 13.9 Å². The molecular formula is C9H13NO2. The quantitative estimate of drug-likeness (QED) is 0.683. The van der Waals surface area contributed by atoms with Crippen LogP contribution >= 0.6 is 0 Å². The minimum atomic E-state index is 0.272. The highest BCUT2D eigenvalue weighted by Gasteiger charge is 1.93. The molecule has 0 radical (unpaired) electrons. The maximum atomic E-state index is 5.46. The molecule has 1 aromatic carbocycles. The molecule has 0 atom stereocenters. The summed E-state index contributed by atoms with van der Waals surface area (Å²) in [5, 5.41) is 0. The molecule has 0 saturated heterocycles. The van der Waals surface area contributed by atoms with E-state index in [1.807, 2.05) is 24.3 Å². The Morgan fingerprint density at radius 1 is 1.42 bits per heavy atom. The minimum Gasteiger partial charge on any atom is -0.468 e. The Kier molecular flexibility index (Phi) is 3.57. The third-order valence-corrected chi connectivity index (χ3v) is 1.48. The Hall–Kier alpha value is -1.06. The first-order valence-electron chi connectivity index (χ1n) is 3.77. The zero-order chi connectivity index (χ0) is 8.81. The summed E-state index contributed by atoms with van der Waals surface area (Å²) >= 11 is 0. The van der Waals surface area contributed by atoms with E-state index < -0.39 is 0 Å². The third kappa shape index (κ3) is 2.53. The average molecular weight is 167 g/mol. The van der Waals surface area contributed by atoms with Gasteiger partial charge in [-0.2, -0.15) is 0 Å². The first-order valence-corrected chi connectivity index (χ1v) is 3.77. The summed E-state index contributed by atoms with van der Waals surface area (Å²) in [6, 6.07) is 7.64. The number of benzene rings is 1. The van der Waals surface area contributed by atoms with E-state index in [2.05, 4.69) is 0 Å². The molecule has 0 saturated carbocycles. The molecule has 0 unspecified atom stereocenters. The van der Waals surface area contributed by atoms with Gasteiger partial charge in [0, 0.05) is 13.7 Å². The van der Waals surface area contributed by atoms with E-state index in [9.17, 15) is 0 Å². The van der Waals surface area contributed by atoms with Crippen molar-refractivity contribution in [1.29, 1.82) is 0 Å². The molecule has 0 heterocycles. The fraction of sp³-hybridized carbons (Fsp3) is 0.333. The van der Waals surface area contributed by atoms with E-state index >= 15 is 0 Å². The topological polar surface area (TPSA) is 44.5 Å². The van der Waals surface area contributed by atoms with E-state index in [4.69, 9.17) is 15.2 Å². The van der Waals surface area contributed by atoms with Gasteiger partial charge in [0.25, 0.3) is 0 Å². The molecule has 1 rings (SSSR count). The Balaban J connectivity index is 2.60. The van der Waals surface area contributed by atoms with E-state index in [-0.39, 0.29) is 6.79 Å². The fourth-order valence-electron chi connectivity index (χ4n) is 0.889. The lowest BCUT2D eigenvalue weighted by Gasteiger charge is -2.05. The fourth-order valence-corrected chi connectivity index (χ4v) is 0.889. The predicted octanol–water partition coefficient (Wildman–Crippen LogP) is 1.13. The normalized spacial score (nSPS) is 9.83. The summed E-state index contributed by atoms with van der Waals surface area (Å²) in [5.41, 5.74) is 6.52. The van der Waals surface area contributed by atoms with Gasteiger partial charge < -0.3 is 15.2 Å². The van der Waals surface area contributed by atoms with Crippen LogP contribution in [0.25, 0.3) is 0 Å². The molecule has 1 aromatic rings. The molecule has 0 amide bonds. The van der Waals surface area contributed by atoms with Gasteiger partial charge in [-0.3, -0.25) is 0 Å². The van der Waals surface area contributed by atoms with Crippen molar-refractivity contribution in [1.82, 2.24) is 0 Å². The number of hydrogen-bond donors (Lipinski definition) is 1. The van der Waals surface area contributed by atoms with Crippen molar-refractivity contribution >= 4 is 0 Å². The van der Waals surface area contributed by atoms with E-state index in [0.717, 1.165) is 11.3 Å². The van der Waals surface area contributed by atoms with Gasteiger partial charge in [0.05, 0.1) is 0 Å². The van der Waals surface area contributed by atoms with Gasteiger partial charge in [0.1, 0.15) is 5.75 Å². The number of rotatable bonds is 4. The Morgan fingerprint density at radius 3 is 2.92 bits per heavy atom. The molecule has 2 N–H and O–H groups in total. The number of ether oxygens (including phenoxy) is 2. The van der Waals surface area contributed by atoms with Crippen LogP contribution in [-0.4, -0.2) is 13.9 Å². The zero-order valence-electron chi connectivity index (χ0n) is 7.12. The molecule has 0 spiro atoms. The van der Waals surface area contributed by atoms with Crippen LogP contribution in [0.5, 0.6) is 5.75 Å². The molecular weight excluding hydrogens is 154 g/mol. The highest BCUT2D eigenvalue weighted by Crippen LogP contribution is 2.12. The standard InChI is InChI=1S/C9H13NO2/c1-11-7-12-9-4-2-3-8(5-9)6-10/h2-5H,6-7,10H2,1H3. The third-order valence-electron chi connectivity index (χ3n) is 1.48. The van der Waals surface area contributed by atoms with Gasteiger partial charge >= 0.3 is 0 Å². The van der Waals surface area contributed by atoms with Crippen molar-refractivity contribution in [2.45, 2.75) is 6.54 Å². The van der Waals surface area contributed by atoms with Crippen molar-refractivity contribution < 1.29 is 9.47 Å². The van der Waals surface area contributed by atoms with E-state index in [0.29, 0.717) is 6.54 Å². The molecule has 66 valence electrons. The lowest BCUT2D eigenvalue weighted by molar-refractivity contribution is 0.0511. The van der Waals surface area contributed by atoms with Crippen LogP contribution in [0.2, 0.25) is 0 Å². The molecule has 0 bridgehead atoms. The van der Waals surface area contributed by atoms with Crippen LogP contribution in [0.1, 0.15) is 5.56 Å². The average Bonchev–Trinajstić information content (AvgIpc) is 2.15. The van der Waals surface area contributed by atoms with Crippen molar-refractivity contribution in [3.05, 3.63) is 29.8 Å². The van der Waals surface area contributed by atoms with Crippen LogP contribution < -0.4 is 10.5 Å². The number of nitrogens with two attached hydrogens (primary N) is 1. The molecule has 12 heavy (non-hydrogen) atoms. The highest BCUT2D eigenvalue weighted by molar-refractivity contribution is 5.28. The summed E-state index contributed by atoms with van der Waals surface area (Å²) in [5.74, 6) is 0.791. The van der Waals surface area contributed by atoms with Gasteiger partial charge in [-0.1, -0.05) is 12.1 Å². The van der Waals surface area contributed by atoms with Crippen molar-refractivity contribution in [3.8, 4) is 5.75 Å². The van der Waals surface area contributed by atoms with Crippen LogP contribution in [0, 0.1) is 0 Å². The predicted molar refractivity (Wildman–Crippen MR) is 46.8 cm³/mol. The Morgan fingerprint density at radius 2 is 2.25 bits per heavy atom. The van der Waals surface area contributed by atoms with Gasteiger partial charge in [-0.15, -0.1) is 0 Å². The van der Waals surface area contributed by atoms with Gasteiger partial charge in [-0.05, 0) is 17.7 Å². The molecule has 0 aliphatic heterocycles. The summed E-state index contributed by atoms with van der Waals surface area (Å²) in [6.45, 7) is 0.804. The van der Waals surface area contributed by atoms with Crippen molar-refractivity contribution in [2.24, 2.45) is 5.73 Å². The molecule has 0 aliphatic carbocycles. The minimum absolute atomic E-state index is 0.272. The molecule has 0 aliphatic rings.